The van der Waals surface area contributed by atoms with E-state index in [1.54, 1.807) is 7.11 Å². The molecule has 2 unspecified atom stereocenters. The molecule has 1 aliphatic rings. The Hall–Kier alpha value is -1.30. The second-order valence-electron chi connectivity index (χ2n) is 4.10. The van der Waals surface area contributed by atoms with E-state index in [1.165, 1.54) is 0 Å². The molecule has 3 nitrogen and oxygen atoms in total. The first-order valence-electron chi connectivity index (χ1n) is 5.41. The lowest BCUT2D eigenvalue weighted by Crippen LogP contribution is -2.19. The van der Waals surface area contributed by atoms with Gasteiger partial charge in [0.2, 0.25) is 0 Å². The van der Waals surface area contributed by atoms with E-state index in [-0.39, 0.29) is 18.0 Å². The highest BCUT2D eigenvalue weighted by Crippen LogP contribution is 2.25. The zero-order valence-electron chi connectivity index (χ0n) is 9.34. The smallest absolute Gasteiger partial charge is 0.251 e. The first-order chi connectivity index (χ1) is 8.10. The Morgan fingerprint density at radius 1 is 1.29 bits per heavy atom. The standard InChI is InChI=1S/C11H13F3N2O/c1-17-7-3-2-6(4-7)15-11-9(13)5-8(12)10(14)16-11/h5-7H,2-4H2,1H3,(H,15,16). The second-order valence-corrected chi connectivity index (χ2v) is 4.10. The molecule has 1 aliphatic carbocycles. The van der Waals surface area contributed by atoms with Crippen LogP contribution in [-0.2, 0) is 4.74 Å². The van der Waals surface area contributed by atoms with Gasteiger partial charge in [0.15, 0.2) is 17.5 Å². The van der Waals surface area contributed by atoms with Gasteiger partial charge >= 0.3 is 0 Å². The van der Waals surface area contributed by atoms with Crippen LogP contribution in [0.4, 0.5) is 19.0 Å². The quantitative estimate of drug-likeness (QED) is 0.832. The van der Waals surface area contributed by atoms with Crippen molar-refractivity contribution in [1.82, 2.24) is 4.98 Å². The molecule has 1 aromatic rings. The maximum Gasteiger partial charge on any atom is 0.251 e. The zero-order chi connectivity index (χ0) is 12.4. The van der Waals surface area contributed by atoms with Gasteiger partial charge in [0, 0.05) is 19.2 Å². The largest absolute Gasteiger partial charge is 0.381 e. The van der Waals surface area contributed by atoms with Crippen molar-refractivity contribution in [3.8, 4) is 0 Å². The number of rotatable bonds is 3. The summed E-state index contributed by atoms with van der Waals surface area (Å²) in [5.41, 5.74) is 0. The monoisotopic (exact) mass is 246 g/mol. The summed E-state index contributed by atoms with van der Waals surface area (Å²) < 4.78 is 44.0. The Labute approximate surface area is 97.0 Å². The van der Waals surface area contributed by atoms with Gasteiger partial charge < -0.3 is 10.1 Å². The number of anilines is 1. The lowest BCUT2D eigenvalue weighted by Gasteiger charge is -2.14. The molecule has 1 aromatic heterocycles. The van der Waals surface area contributed by atoms with Crippen molar-refractivity contribution < 1.29 is 17.9 Å². The summed E-state index contributed by atoms with van der Waals surface area (Å²) in [5.74, 6) is -3.71. The summed E-state index contributed by atoms with van der Waals surface area (Å²) in [6.45, 7) is 0. The van der Waals surface area contributed by atoms with Gasteiger partial charge in [-0.1, -0.05) is 0 Å². The minimum Gasteiger partial charge on any atom is -0.381 e. The van der Waals surface area contributed by atoms with Gasteiger partial charge in [0.25, 0.3) is 5.95 Å². The van der Waals surface area contributed by atoms with Gasteiger partial charge in [-0.25, -0.2) is 8.78 Å². The number of nitrogens with one attached hydrogen (secondary N) is 1. The first kappa shape index (κ1) is 12.2. The molecule has 1 heterocycles. The van der Waals surface area contributed by atoms with Crippen molar-refractivity contribution in [2.75, 3.05) is 12.4 Å². The van der Waals surface area contributed by atoms with Gasteiger partial charge in [-0.05, 0) is 19.3 Å². The van der Waals surface area contributed by atoms with Crippen molar-refractivity contribution in [3.63, 3.8) is 0 Å². The molecule has 0 bridgehead atoms. The first-order valence-corrected chi connectivity index (χ1v) is 5.41. The third kappa shape index (κ3) is 2.69. The third-order valence-corrected chi connectivity index (χ3v) is 2.95. The van der Waals surface area contributed by atoms with Crippen molar-refractivity contribution >= 4 is 5.82 Å². The van der Waals surface area contributed by atoms with Crippen LogP contribution >= 0.6 is 0 Å². The fourth-order valence-electron chi connectivity index (χ4n) is 2.02. The number of hydrogen-bond donors (Lipinski definition) is 1. The van der Waals surface area contributed by atoms with E-state index in [9.17, 15) is 13.2 Å². The number of pyridine rings is 1. The van der Waals surface area contributed by atoms with E-state index in [4.69, 9.17) is 4.74 Å². The average Bonchev–Trinajstić information content (AvgIpc) is 2.73. The molecular weight excluding hydrogens is 233 g/mol. The maximum atomic E-state index is 13.3. The number of ether oxygens (including phenoxy) is 1. The average molecular weight is 246 g/mol. The molecule has 1 saturated carbocycles. The van der Waals surface area contributed by atoms with Gasteiger partial charge in [-0.2, -0.15) is 9.37 Å². The van der Waals surface area contributed by atoms with Gasteiger partial charge in [0.1, 0.15) is 0 Å². The highest BCUT2D eigenvalue weighted by Gasteiger charge is 2.25. The summed E-state index contributed by atoms with van der Waals surface area (Å²) in [6, 6.07) is 0.472. The van der Waals surface area contributed by atoms with Crippen LogP contribution in [0.25, 0.3) is 0 Å². The molecule has 0 amide bonds. The van der Waals surface area contributed by atoms with Crippen LogP contribution in [0.1, 0.15) is 19.3 Å². The van der Waals surface area contributed by atoms with E-state index in [0.717, 1.165) is 12.8 Å². The molecule has 17 heavy (non-hydrogen) atoms. The number of hydrogen-bond acceptors (Lipinski definition) is 3. The minimum absolute atomic E-state index is 0.0215. The number of nitrogens with zero attached hydrogens (tertiary/aromatic N) is 1. The van der Waals surface area contributed by atoms with Crippen molar-refractivity contribution in [3.05, 3.63) is 23.6 Å². The van der Waals surface area contributed by atoms with Crippen LogP contribution < -0.4 is 5.32 Å². The Bertz CT molecular complexity index is 414. The van der Waals surface area contributed by atoms with Crippen LogP contribution in [0, 0.1) is 17.6 Å². The molecule has 1 N–H and O–H groups in total. The normalized spacial score (nSPS) is 24.0. The number of halogens is 3. The lowest BCUT2D eigenvalue weighted by atomic mass is 10.2. The third-order valence-electron chi connectivity index (χ3n) is 2.95. The SMILES string of the molecule is COC1CCC(Nc2nc(F)c(F)cc2F)C1. The fraction of sp³-hybridized carbons (Fsp3) is 0.545. The summed E-state index contributed by atoms with van der Waals surface area (Å²) in [4.78, 5) is 3.22. The number of methoxy groups -OCH3 is 1. The maximum absolute atomic E-state index is 13.3. The second kappa shape index (κ2) is 4.91. The molecule has 6 heteroatoms. The van der Waals surface area contributed by atoms with E-state index in [2.05, 4.69) is 10.3 Å². The summed E-state index contributed by atoms with van der Waals surface area (Å²) in [5, 5.41) is 2.77. The summed E-state index contributed by atoms with van der Waals surface area (Å²) in [6.07, 6.45) is 2.48. The predicted octanol–water partition coefficient (Wildman–Crippen LogP) is 2.48. The van der Waals surface area contributed by atoms with Crippen molar-refractivity contribution in [2.45, 2.75) is 31.4 Å². The van der Waals surface area contributed by atoms with E-state index >= 15 is 0 Å². The van der Waals surface area contributed by atoms with E-state index in [0.29, 0.717) is 12.5 Å². The molecule has 94 valence electrons. The lowest BCUT2D eigenvalue weighted by molar-refractivity contribution is 0.108. The van der Waals surface area contributed by atoms with Gasteiger partial charge in [-0.3, -0.25) is 0 Å². The highest BCUT2D eigenvalue weighted by molar-refractivity contribution is 5.37. The zero-order valence-corrected chi connectivity index (χ0v) is 9.34. The van der Waals surface area contributed by atoms with Gasteiger partial charge in [0.05, 0.1) is 6.10 Å². The molecule has 0 aliphatic heterocycles. The molecule has 0 spiro atoms. The predicted molar refractivity (Wildman–Crippen MR) is 56.2 cm³/mol. The van der Waals surface area contributed by atoms with Crippen LogP contribution in [0.3, 0.4) is 0 Å². The Kier molecular flexibility index (Phi) is 3.51. The summed E-state index contributed by atoms with van der Waals surface area (Å²) >= 11 is 0. The Morgan fingerprint density at radius 3 is 2.71 bits per heavy atom. The highest BCUT2D eigenvalue weighted by atomic mass is 19.2. The molecule has 1 fully saturated rings. The van der Waals surface area contributed by atoms with E-state index < -0.39 is 17.6 Å². The molecule has 2 atom stereocenters. The minimum atomic E-state index is -1.30. The van der Waals surface area contributed by atoms with Gasteiger partial charge in [-0.15, -0.1) is 0 Å². The molecular formula is C11H13F3N2O. The van der Waals surface area contributed by atoms with Crippen LogP contribution in [0.15, 0.2) is 6.07 Å². The fourth-order valence-corrected chi connectivity index (χ4v) is 2.02. The molecule has 2 rings (SSSR count). The Morgan fingerprint density at radius 2 is 2.06 bits per heavy atom. The van der Waals surface area contributed by atoms with Crippen molar-refractivity contribution in [2.24, 2.45) is 0 Å². The van der Waals surface area contributed by atoms with Crippen molar-refractivity contribution in [1.29, 1.82) is 0 Å². The molecule has 0 radical (unpaired) electrons. The number of aromatic nitrogens is 1. The Balaban J connectivity index is 2.06. The van der Waals surface area contributed by atoms with Crippen LogP contribution in [0.2, 0.25) is 0 Å². The summed E-state index contributed by atoms with van der Waals surface area (Å²) in [7, 11) is 1.61. The molecule has 0 aromatic carbocycles. The molecule has 0 saturated heterocycles. The van der Waals surface area contributed by atoms with Crippen LogP contribution in [0.5, 0.6) is 0 Å². The van der Waals surface area contributed by atoms with Crippen LogP contribution in [-0.4, -0.2) is 24.2 Å². The van der Waals surface area contributed by atoms with E-state index in [1.807, 2.05) is 0 Å². The topological polar surface area (TPSA) is 34.1 Å².